The third-order valence-electron chi connectivity index (χ3n) is 8.74. The molecule has 0 saturated carbocycles. The highest BCUT2D eigenvalue weighted by Gasteiger charge is 2.17. The Labute approximate surface area is 287 Å². The van der Waals surface area contributed by atoms with Crippen molar-refractivity contribution in [2.45, 2.75) is 0 Å². The van der Waals surface area contributed by atoms with Gasteiger partial charge in [-0.2, -0.15) is 0 Å². The number of para-hydroxylation sites is 1. The van der Waals surface area contributed by atoms with Crippen LogP contribution < -0.4 is 4.90 Å². The van der Waals surface area contributed by atoms with Gasteiger partial charge in [0, 0.05) is 40.6 Å². The van der Waals surface area contributed by atoms with Crippen molar-refractivity contribution < 1.29 is 0 Å². The van der Waals surface area contributed by atoms with E-state index in [2.05, 4.69) is 175 Å². The molecule has 6 aromatic carbocycles. The highest BCUT2D eigenvalue weighted by molar-refractivity contribution is 5.86. The number of hydrogen-bond acceptors (Lipinski definition) is 3. The van der Waals surface area contributed by atoms with Crippen molar-refractivity contribution in [1.82, 2.24) is 9.97 Å². The lowest BCUT2D eigenvalue weighted by Crippen LogP contribution is -2.10. The number of anilines is 3. The summed E-state index contributed by atoms with van der Waals surface area (Å²) in [7, 11) is 0. The van der Waals surface area contributed by atoms with Crippen LogP contribution in [0.2, 0.25) is 0 Å². The third-order valence-corrected chi connectivity index (χ3v) is 8.74. The lowest BCUT2D eigenvalue weighted by atomic mass is 9.97. The minimum Gasteiger partial charge on any atom is -0.310 e. The molecule has 0 N–H and O–H groups in total. The highest BCUT2D eigenvalue weighted by Crippen LogP contribution is 2.40. The predicted octanol–water partition coefficient (Wildman–Crippen LogP) is 12.3. The van der Waals surface area contributed by atoms with Crippen LogP contribution in [0, 0.1) is 0 Å². The molecule has 8 aromatic rings. The molecule has 0 aliphatic heterocycles. The number of hydrogen-bond donors (Lipinski definition) is 0. The fourth-order valence-electron chi connectivity index (χ4n) is 6.30. The maximum absolute atomic E-state index is 4.79. The van der Waals surface area contributed by atoms with Crippen molar-refractivity contribution in [1.29, 1.82) is 0 Å². The number of benzene rings is 6. The zero-order valence-electron chi connectivity index (χ0n) is 26.9. The normalized spacial score (nSPS) is 10.9. The quantitative estimate of drug-likeness (QED) is 0.168. The molecule has 0 aliphatic rings. The number of pyridine rings is 2. The van der Waals surface area contributed by atoms with Crippen LogP contribution in [0.3, 0.4) is 0 Å². The summed E-state index contributed by atoms with van der Waals surface area (Å²) in [6.07, 6.45) is 3.75. The van der Waals surface area contributed by atoms with Gasteiger partial charge in [-0.15, -0.1) is 0 Å². The van der Waals surface area contributed by atoms with Crippen LogP contribution in [-0.2, 0) is 0 Å². The van der Waals surface area contributed by atoms with Gasteiger partial charge in [0.2, 0.25) is 0 Å². The maximum Gasteiger partial charge on any atom is 0.0708 e. The summed E-state index contributed by atoms with van der Waals surface area (Å²) in [6, 6.07) is 66.0. The van der Waals surface area contributed by atoms with Crippen molar-refractivity contribution in [2.24, 2.45) is 0 Å². The monoisotopic (exact) mass is 627 g/mol. The van der Waals surface area contributed by atoms with Gasteiger partial charge in [0.05, 0.1) is 11.4 Å². The van der Waals surface area contributed by atoms with Crippen LogP contribution in [0.4, 0.5) is 17.1 Å². The summed E-state index contributed by atoms with van der Waals surface area (Å²) in [6.45, 7) is 0. The van der Waals surface area contributed by atoms with E-state index in [1.54, 1.807) is 0 Å². The number of nitrogens with zero attached hydrogens (tertiary/aromatic N) is 3. The molecular weight excluding hydrogens is 595 g/mol. The molecule has 3 heteroatoms. The zero-order chi connectivity index (χ0) is 32.8. The maximum atomic E-state index is 4.79. The van der Waals surface area contributed by atoms with Crippen molar-refractivity contribution in [3.63, 3.8) is 0 Å². The summed E-state index contributed by atoms with van der Waals surface area (Å²) in [4.78, 5) is 11.9. The molecule has 0 saturated heterocycles. The molecule has 2 aromatic heterocycles. The smallest absolute Gasteiger partial charge is 0.0708 e. The molecule has 0 unspecified atom stereocenters. The SMILES string of the molecule is c1ccc(-c2ccc(-c3cc(-c4ccccn4)cc(N(c4ccccc4)c4cccc(-c5cc(-c6ccccc6)ccn5)c4)c3)cc2)cc1. The van der Waals surface area contributed by atoms with E-state index in [1.807, 2.05) is 30.6 Å². The second-order valence-corrected chi connectivity index (χ2v) is 11.9. The first-order chi connectivity index (χ1) is 24.3. The van der Waals surface area contributed by atoms with Gasteiger partial charge in [0.1, 0.15) is 0 Å². The molecule has 0 fully saturated rings. The van der Waals surface area contributed by atoms with Crippen LogP contribution >= 0.6 is 0 Å². The van der Waals surface area contributed by atoms with Crippen LogP contribution in [0.1, 0.15) is 0 Å². The van der Waals surface area contributed by atoms with E-state index in [0.717, 1.165) is 56.3 Å². The van der Waals surface area contributed by atoms with Crippen molar-refractivity contribution >= 4 is 17.1 Å². The lowest BCUT2D eigenvalue weighted by molar-refractivity contribution is 1.27. The topological polar surface area (TPSA) is 29.0 Å². The van der Waals surface area contributed by atoms with E-state index in [0.29, 0.717) is 0 Å². The first-order valence-electron chi connectivity index (χ1n) is 16.5. The Morgan fingerprint density at radius 3 is 1.49 bits per heavy atom. The molecule has 0 spiro atoms. The fourth-order valence-corrected chi connectivity index (χ4v) is 6.30. The van der Waals surface area contributed by atoms with Gasteiger partial charge >= 0.3 is 0 Å². The minimum absolute atomic E-state index is 0.926. The van der Waals surface area contributed by atoms with Gasteiger partial charge in [-0.25, -0.2) is 0 Å². The lowest BCUT2D eigenvalue weighted by Gasteiger charge is -2.27. The van der Waals surface area contributed by atoms with E-state index in [-0.39, 0.29) is 0 Å². The second kappa shape index (κ2) is 13.6. The molecule has 0 aliphatic carbocycles. The van der Waals surface area contributed by atoms with Crippen molar-refractivity contribution in [2.75, 3.05) is 4.90 Å². The average Bonchev–Trinajstić information content (AvgIpc) is 3.20. The van der Waals surface area contributed by atoms with E-state index < -0.39 is 0 Å². The minimum atomic E-state index is 0.926. The van der Waals surface area contributed by atoms with E-state index in [4.69, 9.17) is 9.97 Å². The van der Waals surface area contributed by atoms with Gasteiger partial charge in [0.25, 0.3) is 0 Å². The molecule has 0 amide bonds. The standard InChI is InChI=1S/C46H33N3/c1-4-13-34(14-5-1)36-22-24-37(25-23-36)40-29-41(45-21-10-11-27-47-45)32-44(31-40)49(42-18-8-3-9-19-42)43-20-12-17-39(30-43)46-33-38(26-28-48-46)35-15-6-2-7-16-35/h1-33H. The van der Waals surface area contributed by atoms with E-state index in [1.165, 1.54) is 16.7 Å². The Morgan fingerprint density at radius 2 is 0.796 bits per heavy atom. The first kappa shape index (κ1) is 29.8. The van der Waals surface area contributed by atoms with Crippen LogP contribution in [0.15, 0.2) is 200 Å². The summed E-state index contributed by atoms with van der Waals surface area (Å²) < 4.78 is 0. The third kappa shape index (κ3) is 6.51. The summed E-state index contributed by atoms with van der Waals surface area (Å²) in [5, 5.41) is 0. The van der Waals surface area contributed by atoms with Crippen molar-refractivity contribution in [3.8, 4) is 55.9 Å². The van der Waals surface area contributed by atoms with Gasteiger partial charge in [-0.05, 0) is 100 Å². The average molecular weight is 628 g/mol. The van der Waals surface area contributed by atoms with Crippen LogP contribution in [0.25, 0.3) is 55.9 Å². The molecule has 0 radical (unpaired) electrons. The molecule has 2 heterocycles. The summed E-state index contributed by atoms with van der Waals surface area (Å²) in [5.41, 5.74) is 14.1. The van der Waals surface area contributed by atoms with Crippen LogP contribution in [0.5, 0.6) is 0 Å². The first-order valence-corrected chi connectivity index (χ1v) is 16.5. The molecule has 3 nitrogen and oxygen atoms in total. The molecule has 0 atom stereocenters. The largest absolute Gasteiger partial charge is 0.310 e. The molecule has 49 heavy (non-hydrogen) atoms. The van der Waals surface area contributed by atoms with Crippen molar-refractivity contribution in [3.05, 3.63) is 200 Å². The zero-order valence-corrected chi connectivity index (χ0v) is 26.9. The Hall–Kier alpha value is -6.58. The number of rotatable bonds is 8. The summed E-state index contributed by atoms with van der Waals surface area (Å²) in [5.74, 6) is 0. The Balaban J connectivity index is 1.26. The molecular formula is C46H33N3. The number of aromatic nitrogens is 2. The predicted molar refractivity (Wildman–Crippen MR) is 204 cm³/mol. The van der Waals surface area contributed by atoms with E-state index in [9.17, 15) is 0 Å². The highest BCUT2D eigenvalue weighted by atomic mass is 15.1. The fraction of sp³-hybridized carbons (Fsp3) is 0. The Bertz CT molecular complexity index is 2300. The Kier molecular flexibility index (Phi) is 8.30. The van der Waals surface area contributed by atoms with E-state index >= 15 is 0 Å². The Morgan fingerprint density at radius 1 is 0.265 bits per heavy atom. The molecule has 8 rings (SSSR count). The van der Waals surface area contributed by atoms with Crippen LogP contribution in [-0.4, -0.2) is 9.97 Å². The van der Waals surface area contributed by atoms with Gasteiger partial charge < -0.3 is 4.90 Å². The summed E-state index contributed by atoms with van der Waals surface area (Å²) >= 11 is 0. The second-order valence-electron chi connectivity index (χ2n) is 11.9. The molecule has 232 valence electrons. The van der Waals surface area contributed by atoms with Gasteiger partial charge in [0.15, 0.2) is 0 Å². The molecule has 0 bridgehead atoms. The van der Waals surface area contributed by atoms with Gasteiger partial charge in [-0.1, -0.05) is 121 Å². The van der Waals surface area contributed by atoms with Gasteiger partial charge in [-0.3, -0.25) is 9.97 Å².